The van der Waals surface area contributed by atoms with Crippen LogP contribution < -0.4 is 5.32 Å². The highest BCUT2D eigenvalue weighted by Gasteiger charge is 2.23. The zero-order chi connectivity index (χ0) is 20.3. The van der Waals surface area contributed by atoms with Gasteiger partial charge in [0, 0.05) is 12.0 Å². The number of carbonyl (C=O) groups excluding carboxylic acids is 1. The summed E-state index contributed by atoms with van der Waals surface area (Å²) in [5, 5.41) is 5.06. The van der Waals surface area contributed by atoms with E-state index in [2.05, 4.69) is 23.5 Å². The molecule has 30 heavy (non-hydrogen) atoms. The molecule has 0 aliphatic heterocycles. The van der Waals surface area contributed by atoms with Crippen LogP contribution in [0.15, 0.2) is 72.1 Å². The fraction of sp³-hybridized carbons (Fsp3) is 0.160. The number of aromatic nitrogens is 2. The molecule has 0 unspecified atom stereocenters. The topological polar surface area (TPSA) is 54.9 Å². The first-order chi connectivity index (χ1) is 14.8. The number of thiophene rings is 1. The van der Waals surface area contributed by atoms with Crippen LogP contribution in [0.2, 0.25) is 0 Å². The van der Waals surface area contributed by atoms with Gasteiger partial charge in [0.05, 0.1) is 16.3 Å². The van der Waals surface area contributed by atoms with E-state index in [0.717, 1.165) is 45.9 Å². The number of aryl methyl sites for hydroxylation is 3. The largest absolute Gasteiger partial charge is 0.309 e. The highest BCUT2D eigenvalue weighted by atomic mass is 32.1. The molecule has 4 nitrogen and oxygen atoms in total. The molecule has 2 heterocycles. The summed E-state index contributed by atoms with van der Waals surface area (Å²) < 4.78 is 0. The number of hydrogen-bond acceptors (Lipinski definition) is 4. The Morgan fingerprint density at radius 3 is 2.57 bits per heavy atom. The monoisotopic (exact) mass is 411 g/mol. The fourth-order valence-electron chi connectivity index (χ4n) is 3.85. The van der Waals surface area contributed by atoms with E-state index in [9.17, 15) is 4.79 Å². The van der Waals surface area contributed by atoms with E-state index in [1.54, 1.807) is 11.3 Å². The van der Waals surface area contributed by atoms with Crippen LogP contribution in [-0.4, -0.2) is 15.9 Å². The van der Waals surface area contributed by atoms with E-state index in [1.807, 2.05) is 53.9 Å². The standard InChI is InChI=1S/C25H21N3OS/c29-22(15-12-17-7-2-1-3-8-17)27-25-24(21-11-6-16-30-21)28-23-19-10-5-4-9-18(19)13-14-20(23)26-25/h1-11,16H,12-15H2,(H,26,27,29). The molecule has 1 aliphatic rings. The van der Waals surface area contributed by atoms with Crippen LogP contribution in [0.5, 0.6) is 0 Å². The highest BCUT2D eigenvalue weighted by Crippen LogP contribution is 2.36. The number of carbonyl (C=O) groups is 1. The molecule has 2 aromatic carbocycles. The Balaban J connectivity index is 1.47. The Labute approximate surface area is 179 Å². The van der Waals surface area contributed by atoms with E-state index in [-0.39, 0.29) is 5.91 Å². The van der Waals surface area contributed by atoms with Crippen molar-refractivity contribution in [2.75, 3.05) is 5.32 Å². The molecule has 1 N–H and O–H groups in total. The summed E-state index contributed by atoms with van der Waals surface area (Å²) >= 11 is 1.61. The van der Waals surface area contributed by atoms with Gasteiger partial charge in [-0.2, -0.15) is 0 Å². The molecule has 1 aliphatic carbocycles. The van der Waals surface area contributed by atoms with Gasteiger partial charge in [-0.05, 0) is 41.8 Å². The zero-order valence-electron chi connectivity index (χ0n) is 16.5. The van der Waals surface area contributed by atoms with Gasteiger partial charge < -0.3 is 5.32 Å². The third kappa shape index (κ3) is 3.76. The maximum Gasteiger partial charge on any atom is 0.225 e. The van der Waals surface area contributed by atoms with Crippen molar-refractivity contribution in [1.82, 2.24) is 9.97 Å². The molecule has 0 saturated carbocycles. The molecule has 148 valence electrons. The van der Waals surface area contributed by atoms with Crippen LogP contribution in [0.3, 0.4) is 0 Å². The maximum absolute atomic E-state index is 12.7. The van der Waals surface area contributed by atoms with Crippen molar-refractivity contribution in [3.63, 3.8) is 0 Å². The van der Waals surface area contributed by atoms with Gasteiger partial charge in [0.15, 0.2) is 5.82 Å². The Morgan fingerprint density at radius 2 is 1.73 bits per heavy atom. The molecule has 5 rings (SSSR count). The Morgan fingerprint density at radius 1 is 0.900 bits per heavy atom. The lowest BCUT2D eigenvalue weighted by Gasteiger charge is -2.20. The molecule has 0 spiro atoms. The minimum Gasteiger partial charge on any atom is -0.309 e. The number of nitrogens with one attached hydrogen (secondary N) is 1. The molecular formula is C25H21N3OS. The Hall–Kier alpha value is -3.31. The normalized spacial score (nSPS) is 12.1. The summed E-state index contributed by atoms with van der Waals surface area (Å²) in [5.41, 5.74) is 6.23. The minimum absolute atomic E-state index is 0.0397. The predicted molar refractivity (Wildman–Crippen MR) is 122 cm³/mol. The number of amides is 1. The molecular weight excluding hydrogens is 390 g/mol. The molecule has 0 atom stereocenters. The van der Waals surface area contributed by atoms with Crippen molar-refractivity contribution in [1.29, 1.82) is 0 Å². The van der Waals surface area contributed by atoms with Gasteiger partial charge in [0.1, 0.15) is 5.69 Å². The highest BCUT2D eigenvalue weighted by molar-refractivity contribution is 7.13. The summed E-state index contributed by atoms with van der Waals surface area (Å²) in [6.07, 6.45) is 2.89. The summed E-state index contributed by atoms with van der Waals surface area (Å²) in [5.74, 6) is 0.524. The van der Waals surface area contributed by atoms with E-state index in [1.165, 1.54) is 5.56 Å². The van der Waals surface area contributed by atoms with Crippen molar-refractivity contribution in [2.24, 2.45) is 0 Å². The van der Waals surface area contributed by atoms with Crippen molar-refractivity contribution >= 4 is 23.1 Å². The van der Waals surface area contributed by atoms with Crippen molar-refractivity contribution in [3.05, 3.63) is 88.9 Å². The van der Waals surface area contributed by atoms with Crippen LogP contribution in [0, 0.1) is 0 Å². The summed E-state index contributed by atoms with van der Waals surface area (Å²) in [4.78, 5) is 23.6. The molecule has 0 fully saturated rings. The average Bonchev–Trinajstić information content (AvgIpc) is 3.32. The zero-order valence-corrected chi connectivity index (χ0v) is 17.3. The predicted octanol–water partition coefficient (Wildman–Crippen LogP) is 5.54. The van der Waals surface area contributed by atoms with E-state index < -0.39 is 0 Å². The van der Waals surface area contributed by atoms with Crippen LogP contribution in [0.4, 0.5) is 5.82 Å². The third-order valence-electron chi connectivity index (χ3n) is 5.37. The lowest BCUT2D eigenvalue weighted by Crippen LogP contribution is -2.17. The van der Waals surface area contributed by atoms with Gasteiger partial charge >= 0.3 is 0 Å². The SMILES string of the molecule is O=C(CCc1ccccc1)Nc1nc2c(nc1-c1cccs1)-c1ccccc1CC2. The van der Waals surface area contributed by atoms with Crippen LogP contribution in [-0.2, 0) is 24.1 Å². The van der Waals surface area contributed by atoms with E-state index in [4.69, 9.17) is 9.97 Å². The van der Waals surface area contributed by atoms with E-state index >= 15 is 0 Å². The van der Waals surface area contributed by atoms with Gasteiger partial charge in [0.2, 0.25) is 5.91 Å². The van der Waals surface area contributed by atoms with Gasteiger partial charge in [-0.3, -0.25) is 4.79 Å². The molecule has 1 amide bonds. The maximum atomic E-state index is 12.7. The second-order valence-electron chi connectivity index (χ2n) is 7.38. The lowest BCUT2D eigenvalue weighted by molar-refractivity contribution is -0.116. The molecule has 0 radical (unpaired) electrons. The molecule has 0 bridgehead atoms. The summed E-state index contributed by atoms with van der Waals surface area (Å²) in [6, 6.07) is 22.5. The van der Waals surface area contributed by atoms with Crippen LogP contribution in [0.1, 0.15) is 23.2 Å². The van der Waals surface area contributed by atoms with Crippen LogP contribution >= 0.6 is 11.3 Å². The fourth-order valence-corrected chi connectivity index (χ4v) is 4.57. The minimum atomic E-state index is -0.0397. The smallest absolute Gasteiger partial charge is 0.225 e. The van der Waals surface area contributed by atoms with Gasteiger partial charge in [-0.1, -0.05) is 60.7 Å². The average molecular weight is 412 g/mol. The number of anilines is 1. The second kappa shape index (κ2) is 8.20. The molecule has 0 saturated heterocycles. The first-order valence-electron chi connectivity index (χ1n) is 10.1. The van der Waals surface area contributed by atoms with Crippen LogP contribution in [0.25, 0.3) is 21.8 Å². The first kappa shape index (κ1) is 18.7. The second-order valence-corrected chi connectivity index (χ2v) is 8.33. The summed E-state index contributed by atoms with van der Waals surface area (Å²) in [7, 11) is 0. The molecule has 4 aromatic rings. The molecule has 5 heteroatoms. The third-order valence-corrected chi connectivity index (χ3v) is 6.24. The number of fused-ring (bicyclic) bond motifs is 3. The Bertz CT molecular complexity index is 1190. The summed E-state index contributed by atoms with van der Waals surface area (Å²) in [6.45, 7) is 0. The molecule has 2 aromatic heterocycles. The van der Waals surface area contributed by atoms with Crippen molar-refractivity contribution in [3.8, 4) is 21.8 Å². The van der Waals surface area contributed by atoms with Gasteiger partial charge in [-0.15, -0.1) is 11.3 Å². The number of rotatable bonds is 5. The van der Waals surface area contributed by atoms with Crippen molar-refractivity contribution in [2.45, 2.75) is 25.7 Å². The number of hydrogen-bond donors (Lipinski definition) is 1. The lowest BCUT2D eigenvalue weighted by atomic mass is 9.92. The number of nitrogens with zero attached hydrogens (tertiary/aromatic N) is 2. The van der Waals surface area contributed by atoms with Gasteiger partial charge in [0.25, 0.3) is 0 Å². The number of benzene rings is 2. The first-order valence-corrected chi connectivity index (χ1v) is 11.0. The van der Waals surface area contributed by atoms with Gasteiger partial charge in [-0.25, -0.2) is 9.97 Å². The van der Waals surface area contributed by atoms with Crippen molar-refractivity contribution < 1.29 is 4.79 Å². The Kier molecular flexibility index (Phi) is 5.11. The van der Waals surface area contributed by atoms with E-state index in [0.29, 0.717) is 18.7 Å². The quantitative estimate of drug-likeness (QED) is 0.469.